The summed E-state index contributed by atoms with van der Waals surface area (Å²) < 4.78 is 0. The molecule has 88 valence electrons. The van der Waals surface area contributed by atoms with Gasteiger partial charge in [0, 0.05) is 19.0 Å². The van der Waals surface area contributed by atoms with Crippen LogP contribution in [0.1, 0.15) is 12.5 Å². The van der Waals surface area contributed by atoms with Gasteiger partial charge in [0.15, 0.2) is 0 Å². The predicted octanol–water partition coefficient (Wildman–Crippen LogP) is 2.08. The Labute approximate surface area is 103 Å². The zero-order chi connectivity index (χ0) is 12.0. The fourth-order valence-electron chi connectivity index (χ4n) is 1.61. The summed E-state index contributed by atoms with van der Waals surface area (Å²) in [4.78, 5) is 2.88. The molecule has 0 fully saturated rings. The summed E-state index contributed by atoms with van der Waals surface area (Å²) in [5.74, 6) is 0.288. The van der Waals surface area contributed by atoms with E-state index in [9.17, 15) is 0 Å². The normalized spacial score (nSPS) is 12.7. The summed E-state index contributed by atoms with van der Waals surface area (Å²) in [5, 5.41) is 0. The predicted molar refractivity (Wildman–Crippen MR) is 73.6 cm³/mol. The molecule has 0 spiro atoms. The highest BCUT2D eigenvalue weighted by atomic mass is 32.1. The molecule has 16 heavy (non-hydrogen) atoms. The number of benzene rings is 1. The van der Waals surface area contributed by atoms with E-state index in [-0.39, 0.29) is 5.92 Å². The third-order valence-electron chi connectivity index (χ3n) is 2.70. The summed E-state index contributed by atoms with van der Waals surface area (Å²) in [6.45, 7) is 4.04. The second-order valence-corrected chi connectivity index (χ2v) is 4.77. The highest BCUT2D eigenvalue weighted by Gasteiger charge is 2.08. The third kappa shape index (κ3) is 4.73. The number of rotatable bonds is 6. The number of likely N-dealkylation sites (N-methyl/N-ethyl adjacent to an activating group) is 1. The van der Waals surface area contributed by atoms with Crippen LogP contribution < -0.4 is 5.73 Å². The summed E-state index contributed by atoms with van der Waals surface area (Å²) in [6.07, 6.45) is 1.07. The van der Waals surface area contributed by atoms with Crippen LogP contribution in [0.25, 0.3) is 0 Å². The molecule has 0 aliphatic carbocycles. The molecule has 0 amide bonds. The van der Waals surface area contributed by atoms with Gasteiger partial charge >= 0.3 is 0 Å². The standard InChI is InChI=1S/C13H20N2S/c1-11(13(14)16)10-15(2)9-8-12-6-4-3-5-7-12/h3-7,11H,8-10H2,1-2H3,(H2,14,16). The van der Waals surface area contributed by atoms with Crippen molar-refractivity contribution < 1.29 is 0 Å². The van der Waals surface area contributed by atoms with Gasteiger partial charge in [-0.2, -0.15) is 0 Å². The van der Waals surface area contributed by atoms with Crippen molar-refractivity contribution >= 4 is 17.2 Å². The van der Waals surface area contributed by atoms with Gasteiger partial charge in [-0.1, -0.05) is 49.5 Å². The molecule has 2 nitrogen and oxygen atoms in total. The molecule has 0 heterocycles. The van der Waals surface area contributed by atoms with Crippen LogP contribution in [-0.4, -0.2) is 30.0 Å². The fourth-order valence-corrected chi connectivity index (χ4v) is 1.69. The zero-order valence-electron chi connectivity index (χ0n) is 10.0. The van der Waals surface area contributed by atoms with E-state index in [2.05, 4.69) is 43.1 Å². The van der Waals surface area contributed by atoms with Crippen LogP contribution in [-0.2, 0) is 6.42 Å². The largest absolute Gasteiger partial charge is 0.393 e. The Balaban J connectivity index is 2.30. The third-order valence-corrected chi connectivity index (χ3v) is 3.10. The summed E-state index contributed by atoms with van der Waals surface area (Å²) in [5.41, 5.74) is 6.97. The van der Waals surface area contributed by atoms with E-state index in [1.165, 1.54) is 5.56 Å². The molecule has 1 aromatic rings. The van der Waals surface area contributed by atoms with Crippen LogP contribution in [0.5, 0.6) is 0 Å². The van der Waals surface area contributed by atoms with E-state index < -0.39 is 0 Å². The Morgan fingerprint density at radius 3 is 2.56 bits per heavy atom. The molecule has 0 aromatic heterocycles. The molecule has 0 bridgehead atoms. The second-order valence-electron chi connectivity index (χ2n) is 4.30. The Hall–Kier alpha value is -0.930. The molecule has 0 radical (unpaired) electrons. The molecule has 0 aliphatic rings. The molecule has 0 aliphatic heterocycles. The van der Waals surface area contributed by atoms with Crippen LogP contribution in [0.2, 0.25) is 0 Å². The summed E-state index contributed by atoms with van der Waals surface area (Å²) >= 11 is 4.97. The van der Waals surface area contributed by atoms with Crippen molar-refractivity contribution in [3.05, 3.63) is 35.9 Å². The smallest absolute Gasteiger partial charge is 0.0768 e. The van der Waals surface area contributed by atoms with Gasteiger partial charge in [0.25, 0.3) is 0 Å². The Kier molecular flexibility index (Phi) is 5.43. The molecule has 3 heteroatoms. The van der Waals surface area contributed by atoms with Gasteiger partial charge in [-0.05, 0) is 19.0 Å². The zero-order valence-corrected chi connectivity index (χ0v) is 10.8. The van der Waals surface area contributed by atoms with E-state index in [0.717, 1.165) is 19.5 Å². The van der Waals surface area contributed by atoms with Crippen LogP contribution in [0.15, 0.2) is 30.3 Å². The fraction of sp³-hybridized carbons (Fsp3) is 0.462. The maximum Gasteiger partial charge on any atom is 0.0768 e. The first-order valence-electron chi connectivity index (χ1n) is 5.61. The van der Waals surface area contributed by atoms with Crippen LogP contribution >= 0.6 is 12.2 Å². The van der Waals surface area contributed by atoms with E-state index in [1.807, 2.05) is 6.07 Å². The number of nitrogens with two attached hydrogens (primary N) is 1. The maximum atomic E-state index is 5.60. The maximum absolute atomic E-state index is 5.60. The van der Waals surface area contributed by atoms with Crippen molar-refractivity contribution in [3.63, 3.8) is 0 Å². The van der Waals surface area contributed by atoms with E-state index >= 15 is 0 Å². The SMILES string of the molecule is CC(CN(C)CCc1ccccc1)C(N)=S. The van der Waals surface area contributed by atoms with Gasteiger partial charge in [0.1, 0.15) is 0 Å². The van der Waals surface area contributed by atoms with Crippen molar-refractivity contribution in [2.24, 2.45) is 11.7 Å². The first-order chi connectivity index (χ1) is 7.59. The van der Waals surface area contributed by atoms with Gasteiger partial charge in [-0.3, -0.25) is 0 Å². The van der Waals surface area contributed by atoms with Crippen molar-refractivity contribution in [3.8, 4) is 0 Å². The first kappa shape index (κ1) is 13.1. The van der Waals surface area contributed by atoms with Gasteiger partial charge in [-0.15, -0.1) is 0 Å². The molecule has 1 rings (SSSR count). The lowest BCUT2D eigenvalue weighted by Gasteiger charge is -2.20. The molecular formula is C13H20N2S. The Morgan fingerprint density at radius 1 is 1.38 bits per heavy atom. The molecule has 1 unspecified atom stereocenters. The Bertz CT molecular complexity index is 324. The Morgan fingerprint density at radius 2 is 2.00 bits per heavy atom. The quantitative estimate of drug-likeness (QED) is 0.767. The molecule has 1 aromatic carbocycles. The number of hydrogen-bond acceptors (Lipinski definition) is 2. The van der Waals surface area contributed by atoms with E-state index in [0.29, 0.717) is 4.99 Å². The lowest BCUT2D eigenvalue weighted by atomic mass is 10.1. The monoisotopic (exact) mass is 236 g/mol. The lowest BCUT2D eigenvalue weighted by Crippen LogP contribution is -2.32. The van der Waals surface area contributed by atoms with E-state index in [1.54, 1.807) is 0 Å². The highest BCUT2D eigenvalue weighted by Crippen LogP contribution is 2.03. The minimum absolute atomic E-state index is 0.288. The molecular weight excluding hydrogens is 216 g/mol. The average molecular weight is 236 g/mol. The minimum atomic E-state index is 0.288. The lowest BCUT2D eigenvalue weighted by molar-refractivity contribution is 0.319. The summed E-state index contributed by atoms with van der Waals surface area (Å²) in [7, 11) is 2.11. The second kappa shape index (κ2) is 6.61. The van der Waals surface area contributed by atoms with Crippen molar-refractivity contribution in [1.29, 1.82) is 0 Å². The molecule has 0 saturated carbocycles. The van der Waals surface area contributed by atoms with Gasteiger partial charge in [0.05, 0.1) is 4.99 Å². The van der Waals surface area contributed by atoms with Gasteiger partial charge < -0.3 is 10.6 Å². The molecule has 2 N–H and O–H groups in total. The van der Waals surface area contributed by atoms with Crippen molar-refractivity contribution in [1.82, 2.24) is 4.90 Å². The highest BCUT2D eigenvalue weighted by molar-refractivity contribution is 7.80. The van der Waals surface area contributed by atoms with Crippen LogP contribution in [0.3, 0.4) is 0 Å². The molecule has 0 saturated heterocycles. The van der Waals surface area contributed by atoms with Crippen LogP contribution in [0, 0.1) is 5.92 Å². The number of thiocarbonyl (C=S) groups is 1. The molecule has 1 atom stereocenters. The summed E-state index contributed by atoms with van der Waals surface area (Å²) in [6, 6.07) is 10.5. The topological polar surface area (TPSA) is 29.3 Å². The van der Waals surface area contributed by atoms with Crippen LogP contribution in [0.4, 0.5) is 0 Å². The first-order valence-corrected chi connectivity index (χ1v) is 6.02. The number of nitrogens with zero attached hydrogens (tertiary/aromatic N) is 1. The van der Waals surface area contributed by atoms with E-state index in [4.69, 9.17) is 18.0 Å². The average Bonchev–Trinajstić information content (AvgIpc) is 2.27. The minimum Gasteiger partial charge on any atom is -0.393 e. The van der Waals surface area contributed by atoms with Crippen molar-refractivity contribution in [2.45, 2.75) is 13.3 Å². The van der Waals surface area contributed by atoms with Gasteiger partial charge in [0.2, 0.25) is 0 Å². The number of hydrogen-bond donors (Lipinski definition) is 1. The van der Waals surface area contributed by atoms with Crippen molar-refractivity contribution in [2.75, 3.05) is 20.1 Å². The van der Waals surface area contributed by atoms with Gasteiger partial charge in [-0.25, -0.2) is 0 Å².